The quantitative estimate of drug-likeness (QED) is 0.662. The molecule has 5 heteroatoms. The van der Waals surface area contributed by atoms with Crippen molar-refractivity contribution < 1.29 is 19.0 Å². The Morgan fingerprint density at radius 1 is 1.23 bits per heavy atom. The van der Waals surface area contributed by atoms with Crippen LogP contribution in [-0.4, -0.2) is 25.7 Å². The van der Waals surface area contributed by atoms with E-state index in [0.29, 0.717) is 11.3 Å². The summed E-state index contributed by atoms with van der Waals surface area (Å²) in [6.45, 7) is 8.96. The van der Waals surface area contributed by atoms with Crippen molar-refractivity contribution in [2.24, 2.45) is 5.92 Å². The predicted octanol–water partition coefficient (Wildman–Crippen LogP) is 4.94. The average Bonchev–Trinajstić information content (AvgIpc) is 3.07. The van der Waals surface area contributed by atoms with Gasteiger partial charge in [-0.15, -0.1) is 0 Å². The van der Waals surface area contributed by atoms with Crippen molar-refractivity contribution in [3.8, 4) is 5.75 Å². The van der Waals surface area contributed by atoms with Gasteiger partial charge in [-0.2, -0.15) is 0 Å². The zero-order valence-corrected chi connectivity index (χ0v) is 17.9. The lowest BCUT2D eigenvalue weighted by Gasteiger charge is -2.45. The third kappa shape index (κ3) is 2.73. The summed E-state index contributed by atoms with van der Waals surface area (Å²) in [7, 11) is 1.64. The molecular weight excluding hydrogens is 390 g/mol. The number of hydrogen-bond donors (Lipinski definition) is 0. The molecule has 3 atom stereocenters. The van der Waals surface area contributed by atoms with Crippen LogP contribution in [-0.2, 0) is 15.1 Å². The van der Waals surface area contributed by atoms with Gasteiger partial charge in [0.25, 0.3) is 0 Å². The number of hydrogen-bond acceptors (Lipinski definition) is 5. The largest absolute Gasteiger partial charge is 0.497 e. The lowest BCUT2D eigenvalue weighted by molar-refractivity contribution is -0.0428. The molecule has 3 aliphatic rings. The van der Waals surface area contributed by atoms with E-state index in [2.05, 4.69) is 18.4 Å². The Morgan fingerprint density at radius 3 is 2.77 bits per heavy atom. The van der Waals surface area contributed by atoms with Gasteiger partial charge in [0.1, 0.15) is 17.6 Å². The summed E-state index contributed by atoms with van der Waals surface area (Å²) < 4.78 is 18.2. The van der Waals surface area contributed by atoms with Crippen molar-refractivity contribution in [2.45, 2.75) is 25.6 Å². The van der Waals surface area contributed by atoms with Crippen LogP contribution in [0, 0.1) is 5.92 Å². The fourth-order valence-corrected chi connectivity index (χ4v) is 5.01. The zero-order valence-electron chi connectivity index (χ0n) is 17.9. The molecule has 1 spiro atoms. The van der Waals surface area contributed by atoms with Crippen LogP contribution < -0.4 is 9.64 Å². The van der Waals surface area contributed by atoms with Gasteiger partial charge in [0.2, 0.25) is 0 Å². The lowest BCUT2D eigenvalue weighted by atomic mass is 9.70. The molecule has 0 radical (unpaired) electrons. The fourth-order valence-electron chi connectivity index (χ4n) is 5.01. The van der Waals surface area contributed by atoms with E-state index >= 15 is 0 Å². The minimum absolute atomic E-state index is 0.248. The van der Waals surface area contributed by atoms with Crippen molar-refractivity contribution >= 4 is 11.7 Å². The number of nitrogens with zero attached hydrogens (tertiary/aromatic N) is 1. The van der Waals surface area contributed by atoms with E-state index in [1.807, 2.05) is 67.6 Å². The number of allylic oxidation sites excluding steroid dienone is 2. The molecule has 2 aliphatic heterocycles. The molecule has 5 nitrogen and oxygen atoms in total. The molecule has 1 aliphatic carbocycles. The summed E-state index contributed by atoms with van der Waals surface area (Å²) in [4.78, 5) is 15.1. The number of carbonyl (C=O) groups is 1. The van der Waals surface area contributed by atoms with Crippen LogP contribution in [0.25, 0.3) is 0 Å². The first-order valence-corrected chi connectivity index (χ1v) is 10.5. The van der Waals surface area contributed by atoms with E-state index in [9.17, 15) is 4.79 Å². The summed E-state index contributed by atoms with van der Waals surface area (Å²) in [5.41, 5.74) is 3.27. The molecule has 3 unspecified atom stereocenters. The molecule has 0 fully saturated rings. The average molecular weight is 415 g/mol. The Balaban J connectivity index is 1.75. The highest BCUT2D eigenvalue weighted by Crippen LogP contribution is 2.56. The molecule has 0 aromatic heterocycles. The van der Waals surface area contributed by atoms with E-state index in [0.717, 1.165) is 34.8 Å². The molecule has 2 heterocycles. The van der Waals surface area contributed by atoms with Gasteiger partial charge in [-0.3, -0.25) is 0 Å². The molecule has 0 saturated heterocycles. The topological polar surface area (TPSA) is 48.0 Å². The Labute approximate surface area is 182 Å². The van der Waals surface area contributed by atoms with Gasteiger partial charge >= 0.3 is 5.97 Å². The van der Waals surface area contributed by atoms with Gasteiger partial charge in [0, 0.05) is 35.1 Å². The van der Waals surface area contributed by atoms with Crippen LogP contribution in [0.2, 0.25) is 0 Å². The summed E-state index contributed by atoms with van der Waals surface area (Å²) in [6, 6.07) is 13.7. The molecule has 2 aromatic rings. The standard InChI is InChI=1S/C26H25NO4/c1-5-27(16(2)3)17-10-12-21-24(14-17)30-23-13-11-18(29-4)15-22(23)26(21)20-9-7-6-8-19(20)25(28)31-26/h6-15,22-23H,2,5H2,1,3-4H3. The fraction of sp³-hybridized carbons (Fsp3) is 0.269. The second-order valence-electron chi connectivity index (χ2n) is 8.07. The summed E-state index contributed by atoms with van der Waals surface area (Å²) in [6.07, 6.45) is 5.59. The highest BCUT2D eigenvalue weighted by Gasteiger charge is 2.58. The second-order valence-corrected chi connectivity index (χ2v) is 8.07. The minimum Gasteiger partial charge on any atom is -0.497 e. The molecule has 0 amide bonds. The minimum atomic E-state index is -0.973. The van der Waals surface area contributed by atoms with Gasteiger partial charge < -0.3 is 19.1 Å². The number of esters is 1. The third-order valence-corrected chi connectivity index (χ3v) is 6.37. The van der Waals surface area contributed by atoms with Crippen LogP contribution >= 0.6 is 0 Å². The highest BCUT2D eigenvalue weighted by atomic mass is 16.6. The molecule has 0 saturated carbocycles. The summed E-state index contributed by atoms with van der Waals surface area (Å²) in [5.74, 6) is 0.873. The smallest absolute Gasteiger partial charge is 0.339 e. The number of carbonyl (C=O) groups excluding carboxylic acids is 1. The Bertz CT molecular complexity index is 1150. The predicted molar refractivity (Wildman–Crippen MR) is 119 cm³/mol. The van der Waals surface area contributed by atoms with Crippen LogP contribution in [0.3, 0.4) is 0 Å². The van der Waals surface area contributed by atoms with Crippen LogP contribution in [0.1, 0.15) is 35.3 Å². The number of ether oxygens (including phenoxy) is 3. The van der Waals surface area contributed by atoms with E-state index < -0.39 is 5.60 Å². The van der Waals surface area contributed by atoms with Crippen molar-refractivity contribution in [1.82, 2.24) is 0 Å². The van der Waals surface area contributed by atoms with Gasteiger partial charge in [-0.25, -0.2) is 4.79 Å². The van der Waals surface area contributed by atoms with Crippen molar-refractivity contribution in [3.05, 3.63) is 95.4 Å². The maximum Gasteiger partial charge on any atom is 0.339 e. The van der Waals surface area contributed by atoms with Crippen LogP contribution in [0.5, 0.6) is 5.75 Å². The number of methoxy groups -OCH3 is 1. The molecule has 0 N–H and O–H groups in total. The van der Waals surface area contributed by atoms with Gasteiger partial charge in [0.05, 0.1) is 18.6 Å². The summed E-state index contributed by atoms with van der Waals surface area (Å²) >= 11 is 0. The molecule has 5 rings (SSSR count). The Hall–Kier alpha value is -3.47. The van der Waals surface area contributed by atoms with Gasteiger partial charge in [-0.1, -0.05) is 24.8 Å². The lowest BCUT2D eigenvalue weighted by Crippen LogP contribution is -2.48. The summed E-state index contributed by atoms with van der Waals surface area (Å²) in [5, 5.41) is 0. The van der Waals surface area contributed by atoms with E-state index in [1.165, 1.54) is 0 Å². The Morgan fingerprint density at radius 2 is 2.03 bits per heavy atom. The van der Waals surface area contributed by atoms with Crippen molar-refractivity contribution in [3.63, 3.8) is 0 Å². The first-order chi connectivity index (χ1) is 15.0. The van der Waals surface area contributed by atoms with E-state index in [4.69, 9.17) is 14.2 Å². The molecule has 2 aromatic carbocycles. The third-order valence-electron chi connectivity index (χ3n) is 6.37. The normalized spacial score (nSPS) is 25.0. The second kappa shape index (κ2) is 7.05. The highest BCUT2D eigenvalue weighted by molar-refractivity contribution is 5.96. The van der Waals surface area contributed by atoms with E-state index in [-0.39, 0.29) is 18.0 Å². The zero-order chi connectivity index (χ0) is 21.8. The monoisotopic (exact) mass is 415 g/mol. The Kier molecular flexibility index (Phi) is 4.43. The number of fused-ring (bicyclic) bond motifs is 6. The molecular formula is C26H25NO4. The maximum absolute atomic E-state index is 12.9. The van der Waals surface area contributed by atoms with Gasteiger partial charge in [-0.05, 0) is 50.3 Å². The van der Waals surface area contributed by atoms with Crippen LogP contribution in [0.4, 0.5) is 5.69 Å². The van der Waals surface area contributed by atoms with Crippen molar-refractivity contribution in [2.75, 3.05) is 18.6 Å². The number of anilines is 1. The number of benzene rings is 2. The SMILES string of the molecule is C=C(C)N(CC)c1ccc2c(c1)OC1C=CC(OC)=CC1C21OC(=O)c2ccccc21. The molecule has 158 valence electrons. The van der Waals surface area contributed by atoms with Crippen LogP contribution in [0.15, 0.2) is 78.7 Å². The number of rotatable bonds is 4. The van der Waals surface area contributed by atoms with Crippen molar-refractivity contribution in [1.29, 1.82) is 0 Å². The van der Waals surface area contributed by atoms with E-state index in [1.54, 1.807) is 7.11 Å². The first-order valence-electron chi connectivity index (χ1n) is 10.5. The molecule has 31 heavy (non-hydrogen) atoms. The first kappa shape index (κ1) is 19.5. The molecule has 0 bridgehead atoms. The van der Waals surface area contributed by atoms with Gasteiger partial charge in [0.15, 0.2) is 5.60 Å². The maximum atomic E-state index is 12.9.